The largest absolute Gasteiger partial charge is 0.491 e. The van der Waals surface area contributed by atoms with Crippen LogP contribution in [-0.4, -0.2) is 47.6 Å². The van der Waals surface area contributed by atoms with E-state index in [9.17, 15) is 4.21 Å². The average molecular weight is 339 g/mol. The Labute approximate surface area is 135 Å². The summed E-state index contributed by atoms with van der Waals surface area (Å²) >= 11 is 1.48. The van der Waals surface area contributed by atoms with E-state index >= 15 is 0 Å². The molecule has 3 heterocycles. The van der Waals surface area contributed by atoms with E-state index < -0.39 is 10.8 Å². The highest BCUT2D eigenvalue weighted by Gasteiger charge is 2.19. The third-order valence-corrected chi connectivity index (χ3v) is 5.91. The minimum absolute atomic E-state index is 0.307. The summed E-state index contributed by atoms with van der Waals surface area (Å²) in [7, 11) is 0.488. The fraction of sp³-hybridized carbons (Fsp3) is 0.429. The third-order valence-electron chi connectivity index (χ3n) is 3.30. The monoisotopic (exact) mass is 339 g/mol. The van der Waals surface area contributed by atoms with Crippen LogP contribution in [0.3, 0.4) is 0 Å². The first-order chi connectivity index (χ1) is 10.8. The van der Waals surface area contributed by atoms with Crippen molar-refractivity contribution in [3.63, 3.8) is 0 Å². The number of ether oxygens (including phenoxy) is 2. The molecule has 0 bridgehead atoms. The van der Waals surface area contributed by atoms with Gasteiger partial charge in [-0.2, -0.15) is 0 Å². The van der Waals surface area contributed by atoms with Gasteiger partial charge < -0.3 is 14.4 Å². The van der Waals surface area contributed by atoms with Gasteiger partial charge in [-0.15, -0.1) is 11.3 Å². The predicted molar refractivity (Wildman–Crippen MR) is 86.0 cm³/mol. The van der Waals surface area contributed by atoms with Gasteiger partial charge in [-0.25, -0.2) is 9.97 Å². The van der Waals surface area contributed by atoms with Gasteiger partial charge in [-0.3, -0.25) is 4.21 Å². The molecule has 1 saturated heterocycles. The molecule has 1 aliphatic rings. The van der Waals surface area contributed by atoms with E-state index in [1.54, 1.807) is 13.3 Å². The lowest BCUT2D eigenvalue weighted by molar-refractivity contribution is 0.122. The first-order valence-corrected chi connectivity index (χ1v) is 9.12. The molecule has 0 aromatic carbocycles. The minimum atomic E-state index is -1.12. The van der Waals surface area contributed by atoms with Crippen LogP contribution >= 0.6 is 11.3 Å². The second kappa shape index (κ2) is 7.17. The Kier molecular flexibility index (Phi) is 5.01. The summed E-state index contributed by atoms with van der Waals surface area (Å²) in [6.07, 6.45) is 1.65. The van der Waals surface area contributed by atoms with E-state index in [2.05, 4.69) is 14.9 Å². The van der Waals surface area contributed by atoms with Gasteiger partial charge in [0.05, 0.1) is 47.3 Å². The van der Waals surface area contributed by atoms with E-state index in [0.717, 1.165) is 23.1 Å². The molecule has 0 spiro atoms. The molecule has 8 heteroatoms. The molecule has 118 valence electrons. The van der Waals surface area contributed by atoms with E-state index in [4.69, 9.17) is 9.47 Å². The number of aromatic nitrogens is 2. The number of anilines is 1. The van der Waals surface area contributed by atoms with Gasteiger partial charge in [-0.1, -0.05) is 6.07 Å². The standard InChI is InChI=1S/C14H17N3O3S2/c1-19-11-9-15-12(10-22(18)13-3-2-8-21-13)16-14(11)17-4-6-20-7-5-17/h2-3,8-9H,4-7,10H2,1H3. The highest BCUT2D eigenvalue weighted by atomic mass is 32.2. The number of hydrogen-bond donors (Lipinski definition) is 0. The molecule has 0 radical (unpaired) electrons. The van der Waals surface area contributed by atoms with Gasteiger partial charge >= 0.3 is 0 Å². The maximum Gasteiger partial charge on any atom is 0.179 e. The summed E-state index contributed by atoms with van der Waals surface area (Å²) in [6.45, 7) is 2.87. The predicted octanol–water partition coefficient (Wildman–Crippen LogP) is 1.69. The Morgan fingerprint density at radius 2 is 2.27 bits per heavy atom. The zero-order valence-electron chi connectivity index (χ0n) is 12.2. The molecule has 1 aliphatic heterocycles. The average Bonchev–Trinajstić information content (AvgIpc) is 3.10. The fourth-order valence-electron chi connectivity index (χ4n) is 2.19. The van der Waals surface area contributed by atoms with E-state index in [1.165, 1.54) is 11.3 Å². The van der Waals surface area contributed by atoms with Crippen LogP contribution < -0.4 is 9.64 Å². The maximum atomic E-state index is 12.3. The number of nitrogens with zero attached hydrogens (tertiary/aromatic N) is 3. The third kappa shape index (κ3) is 3.45. The normalized spacial score (nSPS) is 16.5. The SMILES string of the molecule is COc1cnc(CS(=O)c2cccs2)nc1N1CCOCC1. The molecule has 2 aromatic heterocycles. The second-order valence-corrected chi connectivity index (χ2v) is 7.33. The Hall–Kier alpha value is -1.51. The van der Waals surface area contributed by atoms with Gasteiger partial charge in [-0.05, 0) is 11.4 Å². The van der Waals surface area contributed by atoms with E-state index in [0.29, 0.717) is 30.5 Å². The van der Waals surface area contributed by atoms with Gasteiger partial charge in [0.1, 0.15) is 5.82 Å². The smallest absolute Gasteiger partial charge is 0.179 e. The number of methoxy groups -OCH3 is 1. The molecule has 2 aromatic rings. The molecular formula is C14H17N3O3S2. The van der Waals surface area contributed by atoms with Crippen LogP contribution in [0.2, 0.25) is 0 Å². The lowest BCUT2D eigenvalue weighted by Gasteiger charge is -2.28. The number of hydrogen-bond acceptors (Lipinski definition) is 7. The van der Waals surface area contributed by atoms with Crippen LogP contribution in [0.15, 0.2) is 27.9 Å². The fourth-order valence-corrected chi connectivity index (χ4v) is 4.16. The van der Waals surface area contributed by atoms with Crippen molar-refractivity contribution in [3.05, 3.63) is 29.5 Å². The van der Waals surface area contributed by atoms with Crippen molar-refractivity contribution in [3.8, 4) is 5.75 Å². The van der Waals surface area contributed by atoms with Crippen molar-refractivity contribution < 1.29 is 13.7 Å². The van der Waals surface area contributed by atoms with Crippen LogP contribution in [-0.2, 0) is 21.3 Å². The molecule has 3 rings (SSSR count). The Morgan fingerprint density at radius 1 is 1.45 bits per heavy atom. The highest BCUT2D eigenvalue weighted by molar-refractivity contribution is 7.86. The zero-order chi connectivity index (χ0) is 15.4. The zero-order valence-corrected chi connectivity index (χ0v) is 13.9. The molecule has 0 amide bonds. The minimum Gasteiger partial charge on any atom is -0.491 e. The molecule has 0 N–H and O–H groups in total. The van der Waals surface area contributed by atoms with Crippen LogP contribution in [0.25, 0.3) is 0 Å². The van der Waals surface area contributed by atoms with Gasteiger partial charge in [0.15, 0.2) is 11.6 Å². The van der Waals surface area contributed by atoms with Crippen molar-refractivity contribution in [2.75, 3.05) is 38.3 Å². The molecule has 1 fully saturated rings. The van der Waals surface area contributed by atoms with Gasteiger partial charge in [0.25, 0.3) is 0 Å². The molecular weight excluding hydrogens is 322 g/mol. The van der Waals surface area contributed by atoms with Crippen molar-refractivity contribution in [1.29, 1.82) is 0 Å². The number of morpholine rings is 1. The molecule has 1 atom stereocenters. The lowest BCUT2D eigenvalue weighted by Crippen LogP contribution is -2.37. The van der Waals surface area contributed by atoms with Crippen LogP contribution in [0.1, 0.15) is 5.82 Å². The number of rotatable bonds is 5. The number of thiophene rings is 1. The first kappa shape index (κ1) is 15.4. The summed E-state index contributed by atoms with van der Waals surface area (Å²) in [5, 5.41) is 1.92. The second-order valence-electron chi connectivity index (χ2n) is 4.70. The summed E-state index contributed by atoms with van der Waals surface area (Å²) in [5.41, 5.74) is 0. The summed E-state index contributed by atoms with van der Waals surface area (Å²) in [6, 6.07) is 3.76. The molecule has 6 nitrogen and oxygen atoms in total. The summed E-state index contributed by atoms with van der Waals surface area (Å²) in [4.78, 5) is 10.9. The maximum absolute atomic E-state index is 12.3. The molecule has 0 aliphatic carbocycles. The van der Waals surface area contributed by atoms with Crippen LogP contribution in [0, 0.1) is 0 Å². The topological polar surface area (TPSA) is 64.5 Å². The molecule has 0 saturated carbocycles. The summed E-state index contributed by atoms with van der Waals surface area (Å²) in [5.74, 6) is 2.25. The van der Waals surface area contributed by atoms with Crippen molar-refractivity contribution >= 4 is 28.0 Å². The molecule has 1 unspecified atom stereocenters. The van der Waals surface area contributed by atoms with Crippen molar-refractivity contribution in [2.24, 2.45) is 0 Å². The van der Waals surface area contributed by atoms with E-state index in [1.807, 2.05) is 17.5 Å². The van der Waals surface area contributed by atoms with Crippen molar-refractivity contribution in [1.82, 2.24) is 9.97 Å². The first-order valence-electron chi connectivity index (χ1n) is 6.92. The van der Waals surface area contributed by atoms with Gasteiger partial charge in [0, 0.05) is 13.1 Å². The Morgan fingerprint density at radius 3 is 2.95 bits per heavy atom. The molecule has 22 heavy (non-hydrogen) atoms. The van der Waals surface area contributed by atoms with E-state index in [-0.39, 0.29) is 0 Å². The summed E-state index contributed by atoms with van der Waals surface area (Å²) < 4.78 is 23.8. The highest BCUT2D eigenvalue weighted by Crippen LogP contribution is 2.26. The van der Waals surface area contributed by atoms with Crippen molar-refractivity contribution in [2.45, 2.75) is 9.96 Å². The van der Waals surface area contributed by atoms with Crippen LogP contribution in [0.4, 0.5) is 5.82 Å². The lowest BCUT2D eigenvalue weighted by atomic mass is 10.4. The Bertz CT molecular complexity index is 643. The quantitative estimate of drug-likeness (QED) is 0.826. The van der Waals surface area contributed by atoms with Gasteiger partial charge in [0.2, 0.25) is 0 Å². The Balaban J connectivity index is 1.81. The van der Waals surface area contributed by atoms with Crippen LogP contribution in [0.5, 0.6) is 5.75 Å².